The van der Waals surface area contributed by atoms with E-state index in [0.717, 1.165) is 41.5 Å². The summed E-state index contributed by atoms with van der Waals surface area (Å²) in [6.07, 6.45) is 5.09. The molecule has 0 aliphatic carbocycles. The Labute approximate surface area is 99.3 Å². The van der Waals surface area contributed by atoms with Crippen molar-refractivity contribution in [3.63, 3.8) is 0 Å². The zero-order chi connectivity index (χ0) is 11.7. The van der Waals surface area contributed by atoms with Crippen LogP contribution in [0.2, 0.25) is 0 Å². The number of rotatable bonds is 3. The highest BCUT2D eigenvalue weighted by Crippen LogP contribution is 2.17. The van der Waals surface area contributed by atoms with E-state index in [1.807, 2.05) is 28.9 Å². The zero-order valence-electron chi connectivity index (χ0n) is 9.80. The van der Waals surface area contributed by atoms with Gasteiger partial charge in [0.25, 0.3) is 0 Å². The van der Waals surface area contributed by atoms with Gasteiger partial charge in [0, 0.05) is 17.2 Å². The zero-order valence-corrected chi connectivity index (χ0v) is 9.80. The maximum atomic E-state index is 4.41. The summed E-state index contributed by atoms with van der Waals surface area (Å²) in [7, 11) is 0. The fourth-order valence-corrected chi connectivity index (χ4v) is 2.03. The number of aromatic nitrogens is 4. The summed E-state index contributed by atoms with van der Waals surface area (Å²) in [6.45, 7) is 2.17. The van der Waals surface area contributed by atoms with E-state index < -0.39 is 0 Å². The molecule has 3 aromatic rings. The second-order valence-electron chi connectivity index (χ2n) is 4.19. The summed E-state index contributed by atoms with van der Waals surface area (Å²) in [5.41, 5.74) is 0.856. The average molecular weight is 226 g/mol. The molecule has 0 fully saturated rings. The fraction of sp³-hybridized carbons (Fsp3) is 0.308. The van der Waals surface area contributed by atoms with Gasteiger partial charge in [-0.3, -0.25) is 0 Å². The molecule has 4 heteroatoms. The minimum absolute atomic E-state index is 0.856. The predicted molar refractivity (Wildman–Crippen MR) is 66.9 cm³/mol. The molecule has 1 aromatic carbocycles. The van der Waals surface area contributed by atoms with E-state index in [9.17, 15) is 0 Å². The molecule has 0 aliphatic heterocycles. The van der Waals surface area contributed by atoms with Crippen LogP contribution in [0, 0.1) is 0 Å². The number of unbranched alkanes of at least 4 members (excludes halogenated alkanes) is 1. The molecule has 0 N–H and O–H groups in total. The molecular formula is C13H14N4. The molecule has 0 unspecified atom stereocenters. The lowest BCUT2D eigenvalue weighted by molar-refractivity contribution is 0.720. The van der Waals surface area contributed by atoms with E-state index >= 15 is 0 Å². The van der Waals surface area contributed by atoms with Crippen LogP contribution in [-0.2, 0) is 6.42 Å². The van der Waals surface area contributed by atoms with Crippen LogP contribution in [0.5, 0.6) is 0 Å². The highest BCUT2D eigenvalue weighted by Gasteiger charge is 2.08. The van der Waals surface area contributed by atoms with Gasteiger partial charge in [0.2, 0.25) is 0 Å². The number of fused-ring (bicyclic) bond motifs is 3. The van der Waals surface area contributed by atoms with Gasteiger partial charge >= 0.3 is 0 Å². The number of nitrogens with zero attached hydrogens (tertiary/aromatic N) is 4. The van der Waals surface area contributed by atoms with E-state index in [1.54, 1.807) is 0 Å². The van der Waals surface area contributed by atoms with Gasteiger partial charge in [0.05, 0.1) is 6.20 Å². The second-order valence-corrected chi connectivity index (χ2v) is 4.19. The summed E-state index contributed by atoms with van der Waals surface area (Å²) in [5, 5.41) is 15.1. The smallest absolute Gasteiger partial charge is 0.185 e. The Morgan fingerprint density at radius 2 is 2.06 bits per heavy atom. The van der Waals surface area contributed by atoms with Crippen LogP contribution in [0.25, 0.3) is 16.4 Å². The summed E-state index contributed by atoms with van der Waals surface area (Å²) in [6, 6.07) is 8.13. The Balaban J connectivity index is 2.20. The van der Waals surface area contributed by atoms with Gasteiger partial charge in [-0.2, -0.15) is 9.61 Å². The molecule has 0 saturated carbocycles. The molecular weight excluding hydrogens is 212 g/mol. The Hall–Kier alpha value is -1.97. The van der Waals surface area contributed by atoms with Gasteiger partial charge in [0.15, 0.2) is 11.5 Å². The molecule has 0 amide bonds. The number of aryl methyl sites for hydroxylation is 1. The van der Waals surface area contributed by atoms with Gasteiger partial charge < -0.3 is 0 Å². The van der Waals surface area contributed by atoms with Crippen molar-refractivity contribution in [2.45, 2.75) is 26.2 Å². The fourth-order valence-electron chi connectivity index (χ4n) is 2.03. The Morgan fingerprint density at radius 3 is 2.94 bits per heavy atom. The van der Waals surface area contributed by atoms with E-state index in [4.69, 9.17) is 0 Å². The number of hydrogen-bond acceptors (Lipinski definition) is 3. The first-order valence-corrected chi connectivity index (χ1v) is 5.98. The maximum absolute atomic E-state index is 4.41. The Kier molecular flexibility index (Phi) is 2.48. The average Bonchev–Trinajstić information content (AvgIpc) is 2.80. The van der Waals surface area contributed by atoms with Gasteiger partial charge in [-0.1, -0.05) is 37.6 Å². The third kappa shape index (κ3) is 1.65. The van der Waals surface area contributed by atoms with Crippen LogP contribution in [-0.4, -0.2) is 19.8 Å². The van der Waals surface area contributed by atoms with Crippen molar-refractivity contribution in [2.75, 3.05) is 0 Å². The predicted octanol–water partition coefficient (Wildman–Crippen LogP) is 2.62. The largest absolute Gasteiger partial charge is 0.197 e. The van der Waals surface area contributed by atoms with E-state index in [2.05, 4.69) is 28.3 Å². The third-order valence-electron chi connectivity index (χ3n) is 2.97. The van der Waals surface area contributed by atoms with Gasteiger partial charge in [-0.05, 0) is 6.42 Å². The molecule has 0 atom stereocenters. The summed E-state index contributed by atoms with van der Waals surface area (Å²) in [4.78, 5) is 0. The molecule has 0 saturated heterocycles. The SMILES string of the molecule is CCCCc1nnc2c3ccccc3cnn12. The first-order valence-electron chi connectivity index (χ1n) is 5.98. The lowest BCUT2D eigenvalue weighted by Gasteiger charge is -2.00. The monoisotopic (exact) mass is 226 g/mol. The molecule has 2 aromatic heterocycles. The Bertz CT molecular complexity index is 657. The van der Waals surface area contributed by atoms with E-state index in [-0.39, 0.29) is 0 Å². The van der Waals surface area contributed by atoms with Crippen LogP contribution in [0.4, 0.5) is 0 Å². The van der Waals surface area contributed by atoms with Crippen molar-refractivity contribution in [3.05, 3.63) is 36.3 Å². The molecule has 86 valence electrons. The van der Waals surface area contributed by atoms with Gasteiger partial charge in [-0.15, -0.1) is 10.2 Å². The van der Waals surface area contributed by atoms with Crippen molar-refractivity contribution >= 4 is 16.4 Å². The van der Waals surface area contributed by atoms with Crippen molar-refractivity contribution in [1.29, 1.82) is 0 Å². The molecule has 17 heavy (non-hydrogen) atoms. The van der Waals surface area contributed by atoms with E-state index in [1.165, 1.54) is 0 Å². The van der Waals surface area contributed by atoms with E-state index in [0.29, 0.717) is 0 Å². The molecule has 3 rings (SSSR count). The van der Waals surface area contributed by atoms with Crippen molar-refractivity contribution in [1.82, 2.24) is 19.8 Å². The standard InChI is InChI=1S/C13H14N4/c1-2-3-8-12-15-16-13-11-7-5-4-6-10(11)9-14-17(12)13/h4-7,9H,2-3,8H2,1H3. The lowest BCUT2D eigenvalue weighted by Crippen LogP contribution is -1.98. The number of benzene rings is 1. The van der Waals surface area contributed by atoms with Crippen molar-refractivity contribution < 1.29 is 0 Å². The van der Waals surface area contributed by atoms with Gasteiger partial charge in [-0.25, -0.2) is 0 Å². The quantitative estimate of drug-likeness (QED) is 0.689. The molecule has 0 radical (unpaired) electrons. The minimum atomic E-state index is 0.856. The van der Waals surface area contributed by atoms with Crippen LogP contribution in [0.1, 0.15) is 25.6 Å². The van der Waals surface area contributed by atoms with Crippen LogP contribution in [0.3, 0.4) is 0 Å². The van der Waals surface area contributed by atoms with Crippen molar-refractivity contribution in [3.8, 4) is 0 Å². The molecule has 0 spiro atoms. The molecule has 0 bridgehead atoms. The summed E-state index contributed by atoms with van der Waals surface area (Å²) in [5.74, 6) is 0.951. The third-order valence-corrected chi connectivity index (χ3v) is 2.97. The lowest BCUT2D eigenvalue weighted by atomic mass is 10.2. The first kappa shape index (κ1) is 10.2. The summed E-state index contributed by atoms with van der Waals surface area (Å²) >= 11 is 0. The van der Waals surface area contributed by atoms with Crippen molar-refractivity contribution in [2.24, 2.45) is 0 Å². The van der Waals surface area contributed by atoms with Gasteiger partial charge in [0.1, 0.15) is 0 Å². The normalized spacial score (nSPS) is 11.4. The molecule has 0 aliphatic rings. The number of hydrogen-bond donors (Lipinski definition) is 0. The molecule has 2 heterocycles. The van der Waals surface area contributed by atoms with Crippen LogP contribution < -0.4 is 0 Å². The molecule has 4 nitrogen and oxygen atoms in total. The second kappa shape index (κ2) is 4.13. The summed E-state index contributed by atoms with van der Waals surface area (Å²) < 4.78 is 1.86. The highest BCUT2D eigenvalue weighted by molar-refractivity contribution is 5.92. The Morgan fingerprint density at radius 1 is 1.18 bits per heavy atom. The van der Waals surface area contributed by atoms with Crippen LogP contribution in [0.15, 0.2) is 30.5 Å². The minimum Gasteiger partial charge on any atom is -0.197 e. The first-order chi connectivity index (χ1) is 8.40. The topological polar surface area (TPSA) is 43.1 Å². The highest BCUT2D eigenvalue weighted by atomic mass is 15.4. The van der Waals surface area contributed by atoms with Crippen LogP contribution >= 0.6 is 0 Å². The maximum Gasteiger partial charge on any atom is 0.185 e.